The van der Waals surface area contributed by atoms with Gasteiger partial charge in [0.15, 0.2) is 0 Å². The number of aryl methyl sites for hydroxylation is 1. The maximum absolute atomic E-state index is 12.0. The fourth-order valence-corrected chi connectivity index (χ4v) is 1.94. The van der Waals surface area contributed by atoms with E-state index < -0.39 is 11.8 Å². The molecule has 6 heteroatoms. The number of likely N-dealkylation sites (N-methyl/N-ethyl adjacent to an activating group) is 1. The number of nitrogens with zero attached hydrogens (tertiary/aromatic N) is 3. The zero-order valence-corrected chi connectivity index (χ0v) is 11.2. The van der Waals surface area contributed by atoms with Crippen LogP contribution in [0.5, 0.6) is 0 Å². The fourth-order valence-electron chi connectivity index (χ4n) is 1.94. The van der Waals surface area contributed by atoms with Crippen molar-refractivity contribution < 1.29 is 9.59 Å². The Kier molecular flexibility index (Phi) is 4.11. The molecule has 2 amide bonds. The van der Waals surface area contributed by atoms with Crippen LogP contribution in [-0.4, -0.2) is 59.8 Å². The van der Waals surface area contributed by atoms with Crippen molar-refractivity contribution in [2.75, 3.05) is 38.5 Å². The Morgan fingerprint density at radius 1 is 1.21 bits per heavy atom. The molecule has 0 atom stereocenters. The Morgan fingerprint density at radius 2 is 1.89 bits per heavy atom. The molecule has 1 aliphatic rings. The average molecular weight is 262 g/mol. The van der Waals surface area contributed by atoms with Gasteiger partial charge in [0.1, 0.15) is 5.82 Å². The van der Waals surface area contributed by atoms with Gasteiger partial charge in [-0.05, 0) is 26.1 Å². The number of hydrogen-bond donors (Lipinski definition) is 1. The number of aromatic nitrogens is 1. The van der Waals surface area contributed by atoms with Crippen LogP contribution < -0.4 is 5.32 Å². The maximum Gasteiger partial charge on any atom is 0.315 e. The Balaban J connectivity index is 1.94. The average Bonchev–Trinajstić information content (AvgIpc) is 2.39. The van der Waals surface area contributed by atoms with Crippen molar-refractivity contribution in [2.45, 2.75) is 6.92 Å². The van der Waals surface area contributed by atoms with Gasteiger partial charge in [0, 0.05) is 31.9 Å². The van der Waals surface area contributed by atoms with Crippen LogP contribution in [-0.2, 0) is 9.59 Å². The SMILES string of the molecule is Cc1cccc(NC(=O)C(=O)N2CCN(C)CC2)n1. The Bertz CT molecular complexity index is 481. The summed E-state index contributed by atoms with van der Waals surface area (Å²) in [4.78, 5) is 31.7. The van der Waals surface area contributed by atoms with Crippen LogP contribution >= 0.6 is 0 Å². The monoisotopic (exact) mass is 262 g/mol. The molecule has 19 heavy (non-hydrogen) atoms. The van der Waals surface area contributed by atoms with Gasteiger partial charge in [-0.1, -0.05) is 6.07 Å². The summed E-state index contributed by atoms with van der Waals surface area (Å²) in [5.74, 6) is -0.702. The van der Waals surface area contributed by atoms with E-state index in [1.54, 1.807) is 17.0 Å². The number of carbonyl (C=O) groups is 2. The fraction of sp³-hybridized carbons (Fsp3) is 0.462. The van der Waals surface area contributed by atoms with Gasteiger partial charge < -0.3 is 15.1 Å². The molecule has 1 saturated heterocycles. The van der Waals surface area contributed by atoms with E-state index in [4.69, 9.17) is 0 Å². The minimum absolute atomic E-state index is 0.410. The van der Waals surface area contributed by atoms with Gasteiger partial charge >= 0.3 is 11.8 Å². The highest BCUT2D eigenvalue weighted by Gasteiger charge is 2.24. The number of hydrogen-bond acceptors (Lipinski definition) is 4. The highest BCUT2D eigenvalue weighted by Crippen LogP contribution is 2.05. The molecule has 0 aromatic carbocycles. The number of carbonyl (C=O) groups excluding carboxylic acids is 2. The lowest BCUT2D eigenvalue weighted by atomic mass is 10.3. The predicted octanol–water partition coefficient (Wildman–Crippen LogP) is 0.103. The van der Waals surface area contributed by atoms with E-state index in [-0.39, 0.29) is 0 Å². The van der Waals surface area contributed by atoms with Gasteiger partial charge in [0.25, 0.3) is 0 Å². The highest BCUT2D eigenvalue weighted by atomic mass is 16.2. The minimum Gasteiger partial charge on any atom is -0.332 e. The topological polar surface area (TPSA) is 65.5 Å². The van der Waals surface area contributed by atoms with Crippen LogP contribution in [0.3, 0.4) is 0 Å². The Hall–Kier alpha value is -1.95. The molecular weight excluding hydrogens is 244 g/mol. The van der Waals surface area contributed by atoms with E-state index in [0.29, 0.717) is 18.9 Å². The van der Waals surface area contributed by atoms with Crippen LogP contribution in [0.15, 0.2) is 18.2 Å². The maximum atomic E-state index is 12.0. The van der Waals surface area contributed by atoms with E-state index >= 15 is 0 Å². The molecule has 0 bridgehead atoms. The van der Waals surface area contributed by atoms with Gasteiger partial charge in [-0.2, -0.15) is 0 Å². The van der Waals surface area contributed by atoms with Crippen molar-refractivity contribution in [1.29, 1.82) is 0 Å². The van der Waals surface area contributed by atoms with E-state index in [1.165, 1.54) is 0 Å². The molecule has 102 valence electrons. The molecule has 0 unspecified atom stereocenters. The van der Waals surface area contributed by atoms with E-state index in [1.807, 2.05) is 20.0 Å². The molecule has 2 rings (SSSR count). The molecule has 2 heterocycles. The number of nitrogens with one attached hydrogen (secondary N) is 1. The number of anilines is 1. The van der Waals surface area contributed by atoms with Gasteiger partial charge in [-0.15, -0.1) is 0 Å². The first-order chi connectivity index (χ1) is 9.06. The molecule has 0 saturated carbocycles. The molecule has 1 aromatic heterocycles. The summed E-state index contributed by atoms with van der Waals surface area (Å²) in [6.45, 7) is 4.59. The van der Waals surface area contributed by atoms with Crippen molar-refractivity contribution in [3.63, 3.8) is 0 Å². The zero-order valence-electron chi connectivity index (χ0n) is 11.2. The summed E-state index contributed by atoms with van der Waals surface area (Å²) in [6, 6.07) is 5.29. The molecule has 1 fully saturated rings. The quantitative estimate of drug-likeness (QED) is 0.729. The summed E-state index contributed by atoms with van der Waals surface area (Å²) in [6.07, 6.45) is 0. The van der Waals surface area contributed by atoms with Crippen molar-refractivity contribution in [3.8, 4) is 0 Å². The summed E-state index contributed by atoms with van der Waals surface area (Å²) in [5, 5.41) is 2.54. The summed E-state index contributed by atoms with van der Waals surface area (Å²) >= 11 is 0. The second-order valence-corrected chi connectivity index (χ2v) is 4.71. The Labute approximate surface area is 112 Å². The number of amides is 2. The number of piperazine rings is 1. The smallest absolute Gasteiger partial charge is 0.315 e. The van der Waals surface area contributed by atoms with Crippen LogP contribution in [0.2, 0.25) is 0 Å². The third kappa shape index (κ3) is 3.51. The number of rotatable bonds is 1. The third-order valence-corrected chi connectivity index (χ3v) is 3.11. The first-order valence-corrected chi connectivity index (χ1v) is 6.29. The lowest BCUT2D eigenvalue weighted by Crippen LogP contribution is -2.50. The van der Waals surface area contributed by atoms with Crippen molar-refractivity contribution in [1.82, 2.24) is 14.8 Å². The molecule has 1 aromatic rings. The van der Waals surface area contributed by atoms with Gasteiger partial charge in [-0.25, -0.2) is 4.98 Å². The zero-order chi connectivity index (χ0) is 13.8. The molecular formula is C13H18N4O2. The summed E-state index contributed by atoms with van der Waals surface area (Å²) < 4.78 is 0. The van der Waals surface area contributed by atoms with Crippen LogP contribution in [0, 0.1) is 6.92 Å². The number of pyridine rings is 1. The van der Waals surface area contributed by atoms with Crippen LogP contribution in [0.1, 0.15) is 5.69 Å². The molecule has 0 aliphatic carbocycles. The van der Waals surface area contributed by atoms with E-state index in [9.17, 15) is 9.59 Å². The first-order valence-electron chi connectivity index (χ1n) is 6.29. The molecule has 0 spiro atoms. The van der Waals surface area contributed by atoms with Gasteiger partial charge in [0.2, 0.25) is 0 Å². The van der Waals surface area contributed by atoms with Crippen molar-refractivity contribution in [2.24, 2.45) is 0 Å². The second-order valence-electron chi connectivity index (χ2n) is 4.71. The first kappa shape index (κ1) is 13.5. The van der Waals surface area contributed by atoms with Gasteiger partial charge in [-0.3, -0.25) is 9.59 Å². The van der Waals surface area contributed by atoms with E-state index in [0.717, 1.165) is 18.8 Å². The van der Waals surface area contributed by atoms with Crippen LogP contribution in [0.4, 0.5) is 5.82 Å². The molecule has 1 aliphatic heterocycles. The lowest BCUT2D eigenvalue weighted by molar-refractivity contribution is -0.144. The van der Waals surface area contributed by atoms with Crippen LogP contribution in [0.25, 0.3) is 0 Å². The predicted molar refractivity (Wildman–Crippen MR) is 71.7 cm³/mol. The summed E-state index contributed by atoms with van der Waals surface area (Å²) in [7, 11) is 2.00. The summed E-state index contributed by atoms with van der Waals surface area (Å²) in [5.41, 5.74) is 0.796. The second kappa shape index (κ2) is 5.79. The lowest BCUT2D eigenvalue weighted by Gasteiger charge is -2.31. The Morgan fingerprint density at radius 3 is 2.53 bits per heavy atom. The third-order valence-electron chi connectivity index (χ3n) is 3.11. The van der Waals surface area contributed by atoms with Crippen molar-refractivity contribution >= 4 is 17.6 Å². The highest BCUT2D eigenvalue weighted by molar-refractivity contribution is 6.39. The largest absolute Gasteiger partial charge is 0.332 e. The normalized spacial score (nSPS) is 16.2. The molecule has 6 nitrogen and oxygen atoms in total. The van der Waals surface area contributed by atoms with Gasteiger partial charge in [0.05, 0.1) is 0 Å². The van der Waals surface area contributed by atoms with E-state index in [2.05, 4.69) is 15.2 Å². The van der Waals surface area contributed by atoms with Crippen molar-refractivity contribution in [3.05, 3.63) is 23.9 Å². The molecule has 0 radical (unpaired) electrons. The molecule has 1 N–H and O–H groups in total. The standard InChI is InChI=1S/C13H18N4O2/c1-10-4-3-5-11(14-10)15-12(18)13(19)17-8-6-16(2)7-9-17/h3-5H,6-9H2,1-2H3,(H,14,15,18). The minimum atomic E-state index is -0.623.